The second-order valence-corrected chi connectivity index (χ2v) is 5.99. The van der Waals surface area contributed by atoms with E-state index in [0.717, 1.165) is 5.56 Å². The van der Waals surface area contributed by atoms with Crippen molar-refractivity contribution < 1.29 is 13.4 Å². The molecule has 1 aromatic carbocycles. The molecular weight excluding hydrogens is 353 g/mol. The third-order valence-electron chi connectivity index (χ3n) is 3.37. The van der Waals surface area contributed by atoms with Gasteiger partial charge in [-0.15, -0.1) is 12.4 Å². The van der Waals surface area contributed by atoms with Gasteiger partial charge in [-0.3, -0.25) is 9.09 Å². The minimum absolute atomic E-state index is 0. The first-order chi connectivity index (χ1) is 11.3. The van der Waals surface area contributed by atoms with Crippen molar-refractivity contribution in [2.24, 2.45) is 5.73 Å². The molecule has 0 spiro atoms. The third kappa shape index (κ3) is 4.31. The molecule has 0 saturated carbocycles. The SMILES string of the molecule is CC(C)(N)c1noc(Cn2c(Cc3ccc(F)cc3)noc2=O)n1.Cl. The first-order valence-electron chi connectivity index (χ1n) is 7.25. The number of halogens is 2. The van der Waals surface area contributed by atoms with E-state index >= 15 is 0 Å². The number of nitrogens with two attached hydrogens (primary N) is 1. The van der Waals surface area contributed by atoms with Crippen molar-refractivity contribution in [1.29, 1.82) is 0 Å². The van der Waals surface area contributed by atoms with E-state index in [9.17, 15) is 9.18 Å². The molecule has 2 aromatic heterocycles. The highest BCUT2D eigenvalue weighted by Gasteiger charge is 2.22. The maximum absolute atomic E-state index is 13.0. The summed E-state index contributed by atoms with van der Waals surface area (Å²) in [5, 5.41) is 7.55. The van der Waals surface area contributed by atoms with Crippen LogP contribution >= 0.6 is 12.4 Å². The fourth-order valence-electron chi connectivity index (χ4n) is 2.08. The summed E-state index contributed by atoms with van der Waals surface area (Å²) in [5.74, 6) is -0.0485. The summed E-state index contributed by atoms with van der Waals surface area (Å²) >= 11 is 0. The first-order valence-corrected chi connectivity index (χ1v) is 7.25. The molecule has 0 atom stereocenters. The predicted molar refractivity (Wildman–Crippen MR) is 87.8 cm³/mol. The van der Waals surface area contributed by atoms with Gasteiger partial charge in [0.2, 0.25) is 5.89 Å². The van der Waals surface area contributed by atoms with Crippen molar-refractivity contribution in [2.45, 2.75) is 32.4 Å². The summed E-state index contributed by atoms with van der Waals surface area (Å²) in [6.45, 7) is 3.50. The zero-order valence-corrected chi connectivity index (χ0v) is 14.4. The predicted octanol–water partition coefficient (Wildman–Crippen LogP) is 1.61. The lowest BCUT2D eigenvalue weighted by Crippen LogP contribution is -2.30. The molecule has 2 heterocycles. The van der Waals surface area contributed by atoms with Crippen LogP contribution in [0, 0.1) is 5.82 Å². The largest absolute Gasteiger partial charge is 0.442 e. The summed E-state index contributed by atoms with van der Waals surface area (Å²) < 4.78 is 24.1. The minimum atomic E-state index is -0.752. The maximum atomic E-state index is 13.0. The molecule has 134 valence electrons. The van der Waals surface area contributed by atoms with Gasteiger partial charge in [-0.25, -0.2) is 9.18 Å². The molecule has 3 rings (SSSR count). The normalized spacial score (nSPS) is 11.4. The summed E-state index contributed by atoms with van der Waals surface area (Å²) in [7, 11) is 0. The van der Waals surface area contributed by atoms with Gasteiger partial charge in [0, 0.05) is 6.42 Å². The van der Waals surface area contributed by atoms with Crippen LogP contribution in [-0.4, -0.2) is 19.9 Å². The van der Waals surface area contributed by atoms with Gasteiger partial charge >= 0.3 is 5.76 Å². The van der Waals surface area contributed by atoms with E-state index in [1.165, 1.54) is 16.7 Å². The van der Waals surface area contributed by atoms with Crippen LogP contribution in [0.5, 0.6) is 0 Å². The highest BCUT2D eigenvalue weighted by atomic mass is 35.5. The van der Waals surface area contributed by atoms with Crippen LogP contribution < -0.4 is 11.5 Å². The lowest BCUT2D eigenvalue weighted by atomic mass is 10.1. The van der Waals surface area contributed by atoms with Gasteiger partial charge in [-0.05, 0) is 31.5 Å². The second kappa shape index (κ2) is 7.16. The number of benzene rings is 1. The molecule has 3 aromatic rings. The summed E-state index contributed by atoms with van der Waals surface area (Å²) in [6.07, 6.45) is 0.301. The molecule has 0 unspecified atom stereocenters. The Bertz CT molecular complexity index is 895. The first kappa shape index (κ1) is 18.8. The van der Waals surface area contributed by atoms with Crippen molar-refractivity contribution in [1.82, 2.24) is 19.9 Å². The lowest BCUT2D eigenvalue weighted by Gasteiger charge is -2.11. The molecular formula is C15H17ClFN5O3. The number of rotatable bonds is 5. The number of aromatic nitrogens is 4. The van der Waals surface area contributed by atoms with Crippen LogP contribution in [0.4, 0.5) is 4.39 Å². The third-order valence-corrected chi connectivity index (χ3v) is 3.37. The molecule has 8 nitrogen and oxygen atoms in total. The topological polar surface area (TPSA) is 113 Å². The van der Waals surface area contributed by atoms with Crippen molar-refractivity contribution in [3.05, 3.63) is 63.7 Å². The van der Waals surface area contributed by atoms with Gasteiger partial charge in [-0.2, -0.15) is 4.98 Å². The van der Waals surface area contributed by atoms with Crippen molar-refractivity contribution >= 4 is 12.4 Å². The van der Waals surface area contributed by atoms with E-state index in [4.69, 9.17) is 14.8 Å². The van der Waals surface area contributed by atoms with E-state index < -0.39 is 11.3 Å². The van der Waals surface area contributed by atoms with Crippen molar-refractivity contribution in [3.63, 3.8) is 0 Å². The van der Waals surface area contributed by atoms with E-state index in [1.54, 1.807) is 26.0 Å². The Morgan fingerprint density at radius 3 is 2.48 bits per heavy atom. The Balaban J connectivity index is 0.00000225. The van der Waals surface area contributed by atoms with Crippen LogP contribution in [-0.2, 0) is 18.5 Å². The zero-order chi connectivity index (χ0) is 17.3. The second-order valence-electron chi connectivity index (χ2n) is 5.99. The smallest absolute Gasteiger partial charge is 0.337 e. The van der Waals surface area contributed by atoms with Crippen LogP contribution in [0.2, 0.25) is 0 Å². The Morgan fingerprint density at radius 1 is 1.20 bits per heavy atom. The van der Waals surface area contributed by atoms with Gasteiger partial charge in [0.1, 0.15) is 12.4 Å². The van der Waals surface area contributed by atoms with Gasteiger partial charge < -0.3 is 10.3 Å². The van der Waals surface area contributed by atoms with Crippen LogP contribution in [0.15, 0.2) is 38.1 Å². The van der Waals surface area contributed by atoms with Gasteiger partial charge in [0.05, 0.1) is 5.54 Å². The molecule has 25 heavy (non-hydrogen) atoms. The average Bonchev–Trinajstić information content (AvgIpc) is 3.11. The monoisotopic (exact) mass is 369 g/mol. The fraction of sp³-hybridized carbons (Fsp3) is 0.333. The number of hydrogen-bond donors (Lipinski definition) is 1. The van der Waals surface area contributed by atoms with Crippen LogP contribution in [0.1, 0.15) is 37.0 Å². The molecule has 2 N–H and O–H groups in total. The Hall–Kier alpha value is -2.52. The zero-order valence-electron chi connectivity index (χ0n) is 13.6. The molecule has 0 amide bonds. The minimum Gasteiger partial charge on any atom is -0.337 e. The van der Waals surface area contributed by atoms with E-state index in [-0.39, 0.29) is 30.7 Å². The van der Waals surface area contributed by atoms with Crippen molar-refractivity contribution in [3.8, 4) is 0 Å². The van der Waals surface area contributed by atoms with E-state index in [0.29, 0.717) is 18.1 Å². The standard InChI is InChI=1S/C15H16FN5O3.ClH/c1-15(2,17)13-18-12(23-20-13)8-21-11(19-24-14(21)22)7-9-3-5-10(16)6-4-9;/h3-6H,7-8,17H2,1-2H3;1H. The summed E-state index contributed by atoms with van der Waals surface area (Å²) in [6, 6.07) is 5.90. The molecule has 0 aliphatic rings. The Labute approximate surface area is 148 Å². The molecule has 10 heteroatoms. The van der Waals surface area contributed by atoms with Gasteiger partial charge in [-0.1, -0.05) is 22.4 Å². The van der Waals surface area contributed by atoms with E-state index in [2.05, 4.69) is 15.3 Å². The molecule has 0 radical (unpaired) electrons. The maximum Gasteiger partial charge on any atom is 0.442 e. The van der Waals surface area contributed by atoms with Gasteiger partial charge in [0.25, 0.3) is 0 Å². The van der Waals surface area contributed by atoms with Crippen molar-refractivity contribution in [2.75, 3.05) is 0 Å². The lowest BCUT2D eigenvalue weighted by molar-refractivity contribution is 0.345. The molecule has 0 aliphatic heterocycles. The molecule has 0 fully saturated rings. The van der Waals surface area contributed by atoms with Crippen LogP contribution in [0.3, 0.4) is 0 Å². The van der Waals surface area contributed by atoms with Crippen LogP contribution in [0.25, 0.3) is 0 Å². The highest BCUT2D eigenvalue weighted by Crippen LogP contribution is 2.14. The fourth-order valence-corrected chi connectivity index (χ4v) is 2.08. The quantitative estimate of drug-likeness (QED) is 0.726. The van der Waals surface area contributed by atoms with E-state index in [1.807, 2.05) is 0 Å². The number of nitrogens with zero attached hydrogens (tertiary/aromatic N) is 4. The Morgan fingerprint density at radius 2 is 1.88 bits per heavy atom. The Kier molecular flexibility index (Phi) is 5.39. The molecule has 0 aliphatic carbocycles. The summed E-state index contributed by atoms with van der Waals surface area (Å²) in [5.41, 5.74) is 5.94. The molecule has 0 saturated heterocycles. The highest BCUT2D eigenvalue weighted by molar-refractivity contribution is 5.85. The average molecular weight is 370 g/mol. The summed E-state index contributed by atoms with van der Waals surface area (Å²) in [4.78, 5) is 16.0. The number of hydrogen-bond acceptors (Lipinski definition) is 7. The molecule has 0 bridgehead atoms. The van der Waals surface area contributed by atoms with Gasteiger partial charge in [0.15, 0.2) is 11.6 Å².